The molecule has 4 N–H and O–H groups in total. The highest BCUT2D eigenvalue weighted by Gasteiger charge is 2.29. The van der Waals surface area contributed by atoms with Gasteiger partial charge in [-0.1, -0.05) is 60.7 Å². The molecular formula is C24H23NO8S. The van der Waals surface area contributed by atoms with Crippen LogP contribution in [-0.4, -0.2) is 48.2 Å². The molecule has 0 radical (unpaired) electrons. The number of carbonyl (C=O) groups is 1. The zero-order valence-electron chi connectivity index (χ0n) is 17.9. The fourth-order valence-electron chi connectivity index (χ4n) is 4.10. The Kier molecular flexibility index (Phi) is 6.96. The SMILES string of the molecule is O=C(O)[C@H](Cc1ccc(OS(=O)(=O)O)cc1)NC(O)OCC1c2ccccc2-c2ccccc21. The van der Waals surface area contributed by atoms with Crippen molar-refractivity contribution in [3.63, 3.8) is 0 Å². The van der Waals surface area contributed by atoms with Crippen LogP contribution < -0.4 is 9.50 Å². The van der Waals surface area contributed by atoms with Gasteiger partial charge in [0.25, 0.3) is 0 Å². The molecule has 178 valence electrons. The van der Waals surface area contributed by atoms with Crippen LogP contribution in [0.25, 0.3) is 11.1 Å². The predicted octanol–water partition coefficient (Wildman–Crippen LogP) is 2.56. The van der Waals surface area contributed by atoms with E-state index in [-0.39, 0.29) is 24.7 Å². The van der Waals surface area contributed by atoms with Crippen LogP contribution in [0.1, 0.15) is 22.6 Å². The van der Waals surface area contributed by atoms with Crippen molar-refractivity contribution < 1.29 is 36.9 Å². The van der Waals surface area contributed by atoms with Crippen LogP contribution >= 0.6 is 0 Å². The van der Waals surface area contributed by atoms with Gasteiger partial charge >= 0.3 is 16.4 Å². The first kappa shape index (κ1) is 23.9. The molecule has 0 fully saturated rings. The summed E-state index contributed by atoms with van der Waals surface area (Å²) >= 11 is 0. The van der Waals surface area contributed by atoms with Crippen LogP contribution in [0.3, 0.4) is 0 Å². The number of fused-ring (bicyclic) bond motifs is 3. The highest BCUT2D eigenvalue weighted by Crippen LogP contribution is 2.44. The lowest BCUT2D eigenvalue weighted by molar-refractivity contribution is -0.152. The topological polar surface area (TPSA) is 142 Å². The maximum Gasteiger partial charge on any atom is 0.446 e. The second kappa shape index (κ2) is 9.92. The molecule has 0 amide bonds. The van der Waals surface area contributed by atoms with Crippen molar-refractivity contribution in [2.24, 2.45) is 0 Å². The summed E-state index contributed by atoms with van der Waals surface area (Å²) in [4.78, 5) is 11.7. The van der Waals surface area contributed by atoms with E-state index >= 15 is 0 Å². The van der Waals surface area contributed by atoms with Crippen molar-refractivity contribution in [2.45, 2.75) is 24.8 Å². The average molecular weight is 486 g/mol. The maximum absolute atomic E-state index is 11.7. The summed E-state index contributed by atoms with van der Waals surface area (Å²) in [7, 11) is -4.65. The molecule has 1 aliphatic carbocycles. The number of hydrogen-bond donors (Lipinski definition) is 4. The minimum atomic E-state index is -4.65. The van der Waals surface area contributed by atoms with Gasteiger partial charge in [-0.3, -0.25) is 14.7 Å². The average Bonchev–Trinajstić information content (AvgIpc) is 3.11. The van der Waals surface area contributed by atoms with Gasteiger partial charge in [-0.15, -0.1) is 0 Å². The van der Waals surface area contributed by atoms with Gasteiger partial charge in [0.1, 0.15) is 11.8 Å². The van der Waals surface area contributed by atoms with Gasteiger partial charge in [-0.25, -0.2) is 0 Å². The zero-order chi connectivity index (χ0) is 24.3. The third-order valence-electron chi connectivity index (χ3n) is 5.59. The number of carboxylic acids is 1. The minimum Gasteiger partial charge on any atom is -0.480 e. The Labute approximate surface area is 196 Å². The van der Waals surface area contributed by atoms with Crippen LogP contribution in [0.5, 0.6) is 5.75 Å². The van der Waals surface area contributed by atoms with E-state index < -0.39 is 28.8 Å². The molecule has 3 aromatic carbocycles. The van der Waals surface area contributed by atoms with Crippen molar-refractivity contribution in [2.75, 3.05) is 6.61 Å². The quantitative estimate of drug-likeness (QED) is 0.252. The molecule has 0 spiro atoms. The Morgan fingerprint density at radius 1 is 0.941 bits per heavy atom. The highest BCUT2D eigenvalue weighted by atomic mass is 32.3. The molecule has 9 nitrogen and oxygen atoms in total. The first-order valence-electron chi connectivity index (χ1n) is 10.4. The molecule has 4 rings (SSSR count). The van der Waals surface area contributed by atoms with E-state index in [1.165, 1.54) is 24.3 Å². The largest absolute Gasteiger partial charge is 0.480 e. The molecule has 0 saturated carbocycles. The van der Waals surface area contributed by atoms with Crippen molar-refractivity contribution >= 4 is 16.4 Å². The lowest BCUT2D eigenvalue weighted by Crippen LogP contribution is -2.46. The Hall–Kier alpha value is -3.28. The molecule has 0 saturated heterocycles. The lowest BCUT2D eigenvalue weighted by Gasteiger charge is -2.22. The molecule has 10 heteroatoms. The molecule has 2 atom stereocenters. The molecule has 0 heterocycles. The number of aliphatic carboxylic acids is 1. The number of carboxylic acid groups (broad SMARTS) is 1. The first-order valence-corrected chi connectivity index (χ1v) is 11.8. The summed E-state index contributed by atoms with van der Waals surface area (Å²) in [5.74, 6) is -1.41. The van der Waals surface area contributed by atoms with Crippen LogP contribution in [0.4, 0.5) is 0 Å². The van der Waals surface area contributed by atoms with Gasteiger partial charge in [0, 0.05) is 5.92 Å². The summed E-state index contributed by atoms with van der Waals surface area (Å²) in [6, 6.07) is 20.2. The Bertz CT molecular complexity index is 1230. The lowest BCUT2D eigenvalue weighted by atomic mass is 9.98. The van der Waals surface area contributed by atoms with Gasteiger partial charge in [0.05, 0.1) is 6.61 Å². The van der Waals surface area contributed by atoms with Crippen LogP contribution in [-0.2, 0) is 26.4 Å². The third kappa shape index (κ3) is 5.61. The number of rotatable bonds is 10. The fourth-order valence-corrected chi connectivity index (χ4v) is 4.46. The molecular weight excluding hydrogens is 462 g/mol. The van der Waals surface area contributed by atoms with Crippen molar-refractivity contribution in [3.05, 3.63) is 89.5 Å². The van der Waals surface area contributed by atoms with E-state index in [2.05, 4.69) is 9.50 Å². The monoisotopic (exact) mass is 485 g/mol. The molecule has 34 heavy (non-hydrogen) atoms. The normalized spacial score (nSPS) is 14.8. The summed E-state index contributed by atoms with van der Waals surface area (Å²) < 4.78 is 40.2. The smallest absolute Gasteiger partial charge is 0.446 e. The number of benzene rings is 3. The van der Waals surface area contributed by atoms with Crippen LogP contribution in [0, 0.1) is 0 Å². The van der Waals surface area contributed by atoms with Gasteiger partial charge in [0.2, 0.25) is 6.41 Å². The van der Waals surface area contributed by atoms with Crippen molar-refractivity contribution in [1.82, 2.24) is 5.32 Å². The van der Waals surface area contributed by atoms with E-state index in [4.69, 9.17) is 9.29 Å². The Morgan fingerprint density at radius 3 is 2.03 bits per heavy atom. The summed E-state index contributed by atoms with van der Waals surface area (Å²) in [5, 5.41) is 22.5. The first-order chi connectivity index (χ1) is 16.2. The summed E-state index contributed by atoms with van der Waals surface area (Å²) in [5.41, 5.74) is 4.92. The van der Waals surface area contributed by atoms with Gasteiger partial charge in [-0.05, 0) is 46.4 Å². The van der Waals surface area contributed by atoms with Crippen LogP contribution in [0.15, 0.2) is 72.8 Å². The Morgan fingerprint density at radius 2 is 1.50 bits per heavy atom. The van der Waals surface area contributed by atoms with Gasteiger partial charge in [-0.2, -0.15) is 8.42 Å². The number of nitrogens with one attached hydrogen (secondary N) is 1. The minimum absolute atomic E-state index is 0.0169. The van der Waals surface area contributed by atoms with Crippen molar-refractivity contribution in [1.29, 1.82) is 0 Å². The zero-order valence-corrected chi connectivity index (χ0v) is 18.7. The van der Waals surface area contributed by atoms with Gasteiger partial charge < -0.3 is 19.1 Å². The van der Waals surface area contributed by atoms with E-state index in [1.54, 1.807) is 0 Å². The molecule has 1 unspecified atom stereocenters. The van der Waals surface area contributed by atoms with Crippen molar-refractivity contribution in [3.8, 4) is 16.9 Å². The molecule has 0 aliphatic heterocycles. The number of aliphatic hydroxyl groups excluding tert-OH is 1. The third-order valence-corrected chi connectivity index (χ3v) is 5.99. The van der Waals surface area contributed by atoms with Crippen LogP contribution in [0.2, 0.25) is 0 Å². The van der Waals surface area contributed by atoms with E-state index in [0.29, 0.717) is 5.56 Å². The number of ether oxygens (including phenoxy) is 1. The number of hydrogen-bond acceptors (Lipinski definition) is 7. The Balaban J connectivity index is 1.38. The van der Waals surface area contributed by atoms with Gasteiger partial charge in [0.15, 0.2) is 0 Å². The fraction of sp³-hybridized carbons (Fsp3) is 0.208. The summed E-state index contributed by atoms with van der Waals surface area (Å²) in [6.07, 6.45) is -1.54. The molecule has 1 aliphatic rings. The van der Waals surface area contributed by atoms with E-state index in [0.717, 1.165) is 22.3 Å². The van der Waals surface area contributed by atoms with E-state index in [9.17, 15) is 23.4 Å². The maximum atomic E-state index is 11.7. The second-order valence-corrected chi connectivity index (χ2v) is 8.85. The molecule has 3 aromatic rings. The standard InChI is InChI=1S/C24H23NO8S/c26-23(27)22(13-15-9-11-16(12-10-15)33-34(29,30)31)25-24(28)32-14-21-19-7-3-1-5-17(19)18-6-2-4-8-20(18)21/h1-12,21-22,24-25,28H,13-14H2,(H,26,27)(H,29,30,31)/t22-,24?/m0/s1. The second-order valence-electron chi connectivity index (χ2n) is 7.83. The number of aliphatic hydroxyl groups is 1. The predicted molar refractivity (Wildman–Crippen MR) is 123 cm³/mol. The highest BCUT2D eigenvalue weighted by molar-refractivity contribution is 7.81. The van der Waals surface area contributed by atoms with E-state index in [1.807, 2.05) is 48.5 Å². The molecule has 0 bridgehead atoms. The molecule has 0 aromatic heterocycles. The summed E-state index contributed by atoms with van der Waals surface area (Å²) in [6.45, 7) is 0.149.